The van der Waals surface area contributed by atoms with E-state index in [0.29, 0.717) is 12.5 Å². The van der Waals surface area contributed by atoms with Gasteiger partial charge in [-0.1, -0.05) is 6.92 Å². The first-order valence-electron chi connectivity index (χ1n) is 6.82. The van der Waals surface area contributed by atoms with Gasteiger partial charge in [0.05, 0.1) is 6.54 Å². The maximum atomic E-state index is 12.9. The second-order valence-corrected chi connectivity index (χ2v) is 6.13. The molecule has 0 aromatic carbocycles. The zero-order chi connectivity index (χ0) is 13.2. The second-order valence-electron chi connectivity index (χ2n) is 5.01. The Hall–Kier alpha value is -1.07. The van der Waals surface area contributed by atoms with Crippen LogP contribution >= 0.6 is 23.7 Å². The number of rotatable bonds is 6. The molecule has 0 radical (unpaired) electrons. The molecule has 6 heteroatoms. The third-order valence-electron chi connectivity index (χ3n) is 3.31. The van der Waals surface area contributed by atoms with Crippen LogP contribution in [0.3, 0.4) is 0 Å². The highest BCUT2D eigenvalue weighted by Gasteiger charge is 2.27. The van der Waals surface area contributed by atoms with Gasteiger partial charge in [0.15, 0.2) is 5.13 Å². The lowest BCUT2D eigenvalue weighted by molar-refractivity contribution is 0.576. The summed E-state index contributed by atoms with van der Waals surface area (Å²) in [6.45, 7) is 3.78. The Kier molecular flexibility index (Phi) is 5.05. The summed E-state index contributed by atoms with van der Waals surface area (Å²) in [4.78, 5) is 0.996. The molecule has 2 aromatic rings. The van der Waals surface area contributed by atoms with Crippen LogP contribution < -0.4 is 5.32 Å². The van der Waals surface area contributed by atoms with E-state index in [1.807, 2.05) is 6.07 Å². The number of nitrogens with one attached hydrogen (secondary N) is 1. The Morgan fingerprint density at radius 3 is 2.85 bits per heavy atom. The molecular weight excluding hydrogens is 297 g/mol. The molecule has 1 aliphatic carbocycles. The number of aromatic nitrogens is 2. The Morgan fingerprint density at radius 2 is 2.25 bits per heavy atom. The fraction of sp³-hybridized carbons (Fsp3) is 0.500. The minimum absolute atomic E-state index is 0. The van der Waals surface area contributed by atoms with Crippen LogP contribution in [0.25, 0.3) is 0 Å². The van der Waals surface area contributed by atoms with Crippen LogP contribution in [0.1, 0.15) is 42.7 Å². The Labute approximate surface area is 128 Å². The molecule has 20 heavy (non-hydrogen) atoms. The van der Waals surface area contributed by atoms with Crippen LogP contribution in [0.15, 0.2) is 18.2 Å². The molecule has 1 N–H and O–H groups in total. The van der Waals surface area contributed by atoms with Gasteiger partial charge < -0.3 is 5.32 Å². The van der Waals surface area contributed by atoms with Gasteiger partial charge >= 0.3 is 0 Å². The molecule has 0 unspecified atom stereocenters. The lowest BCUT2D eigenvalue weighted by Crippen LogP contribution is -2.04. The minimum Gasteiger partial charge on any atom is -0.364 e. The van der Waals surface area contributed by atoms with Crippen molar-refractivity contribution in [3.8, 4) is 0 Å². The molecule has 1 saturated carbocycles. The molecule has 0 spiro atoms. The number of nitrogens with zero attached hydrogens (tertiary/aromatic N) is 2. The zero-order valence-corrected chi connectivity index (χ0v) is 13.1. The summed E-state index contributed by atoms with van der Waals surface area (Å²) >= 11 is 1.18. The van der Waals surface area contributed by atoms with Crippen molar-refractivity contribution in [1.29, 1.82) is 0 Å². The van der Waals surface area contributed by atoms with Crippen molar-refractivity contribution >= 4 is 29.6 Å². The van der Waals surface area contributed by atoms with E-state index in [1.54, 1.807) is 0 Å². The predicted molar refractivity (Wildman–Crippen MR) is 83.3 cm³/mol. The van der Waals surface area contributed by atoms with E-state index in [1.165, 1.54) is 35.9 Å². The third-order valence-corrected chi connectivity index (χ3v) is 4.19. The lowest BCUT2D eigenvalue weighted by atomic mass is 10.3. The van der Waals surface area contributed by atoms with E-state index in [2.05, 4.69) is 28.1 Å². The summed E-state index contributed by atoms with van der Waals surface area (Å²) in [7, 11) is 0. The zero-order valence-electron chi connectivity index (χ0n) is 11.4. The minimum atomic E-state index is -0.132. The van der Waals surface area contributed by atoms with Crippen LogP contribution in [-0.2, 0) is 13.1 Å². The number of thiophene rings is 1. The maximum absolute atomic E-state index is 12.9. The van der Waals surface area contributed by atoms with Crippen LogP contribution in [0, 0.1) is 5.13 Å². The average Bonchev–Trinajstić information content (AvgIpc) is 3.03. The number of halogens is 2. The summed E-state index contributed by atoms with van der Waals surface area (Å²) < 4.78 is 15.0. The fourth-order valence-corrected chi connectivity index (χ4v) is 2.91. The van der Waals surface area contributed by atoms with Crippen LogP contribution in [0.2, 0.25) is 0 Å². The van der Waals surface area contributed by atoms with Gasteiger partial charge in [-0.25, -0.2) is 0 Å². The molecule has 3 nitrogen and oxygen atoms in total. The van der Waals surface area contributed by atoms with E-state index in [4.69, 9.17) is 0 Å². The molecule has 1 fully saturated rings. The van der Waals surface area contributed by atoms with Crippen molar-refractivity contribution in [1.82, 2.24) is 9.78 Å². The van der Waals surface area contributed by atoms with Gasteiger partial charge in [-0.15, -0.1) is 23.7 Å². The molecular formula is C14H19ClFN3S. The van der Waals surface area contributed by atoms with E-state index >= 15 is 0 Å². The number of hydrogen-bond donors (Lipinski definition) is 1. The van der Waals surface area contributed by atoms with Crippen molar-refractivity contribution in [2.24, 2.45) is 0 Å². The van der Waals surface area contributed by atoms with Gasteiger partial charge in [0.1, 0.15) is 5.82 Å². The third kappa shape index (κ3) is 3.52. The van der Waals surface area contributed by atoms with Crippen LogP contribution in [0.4, 0.5) is 10.2 Å². The van der Waals surface area contributed by atoms with Gasteiger partial charge in [0, 0.05) is 29.1 Å². The van der Waals surface area contributed by atoms with Crippen molar-refractivity contribution in [2.75, 3.05) is 5.32 Å². The first-order chi connectivity index (χ1) is 9.26. The van der Waals surface area contributed by atoms with Crippen molar-refractivity contribution < 1.29 is 4.39 Å². The number of aryl methyl sites for hydroxylation is 1. The molecule has 0 saturated heterocycles. The SMILES string of the molecule is CCCn1nc(NCc2ccc(F)s2)cc1C1CC1.Cl. The predicted octanol–water partition coefficient (Wildman–Crippen LogP) is 4.41. The van der Waals surface area contributed by atoms with Gasteiger partial charge in [-0.2, -0.15) is 9.49 Å². The topological polar surface area (TPSA) is 29.9 Å². The first-order valence-corrected chi connectivity index (χ1v) is 7.63. The molecule has 0 amide bonds. The quantitative estimate of drug-likeness (QED) is 0.856. The Balaban J connectivity index is 0.00000147. The summed E-state index contributed by atoms with van der Waals surface area (Å²) in [5.41, 5.74) is 1.35. The molecule has 2 heterocycles. The number of hydrogen-bond acceptors (Lipinski definition) is 3. The molecule has 3 rings (SSSR count). The molecule has 0 aliphatic heterocycles. The van der Waals surface area contributed by atoms with Crippen molar-refractivity contribution in [2.45, 2.75) is 45.2 Å². The van der Waals surface area contributed by atoms with Gasteiger partial charge in [-0.05, 0) is 31.4 Å². The average molecular weight is 316 g/mol. The lowest BCUT2D eigenvalue weighted by Gasteiger charge is -2.03. The summed E-state index contributed by atoms with van der Waals surface area (Å²) in [5.74, 6) is 1.61. The van der Waals surface area contributed by atoms with E-state index in [-0.39, 0.29) is 17.5 Å². The maximum Gasteiger partial charge on any atom is 0.176 e. The van der Waals surface area contributed by atoms with E-state index in [0.717, 1.165) is 23.7 Å². The smallest absolute Gasteiger partial charge is 0.176 e. The fourth-order valence-electron chi connectivity index (χ4n) is 2.24. The van der Waals surface area contributed by atoms with Crippen LogP contribution in [-0.4, -0.2) is 9.78 Å². The Bertz CT molecular complexity index is 563. The second kappa shape index (κ2) is 6.59. The molecule has 0 atom stereocenters. The monoisotopic (exact) mass is 315 g/mol. The van der Waals surface area contributed by atoms with Crippen LogP contribution in [0.5, 0.6) is 0 Å². The van der Waals surface area contributed by atoms with E-state index < -0.39 is 0 Å². The largest absolute Gasteiger partial charge is 0.364 e. The van der Waals surface area contributed by atoms with Gasteiger partial charge in [0.25, 0.3) is 0 Å². The molecule has 1 aliphatic rings. The first kappa shape index (κ1) is 15.3. The Morgan fingerprint density at radius 1 is 1.45 bits per heavy atom. The normalized spacial score (nSPS) is 14.1. The standard InChI is InChI=1S/C14H18FN3S.ClH/c1-2-7-18-12(10-3-4-10)8-14(17-18)16-9-11-5-6-13(15)19-11;/h5-6,8,10H,2-4,7,9H2,1H3,(H,16,17);1H. The van der Waals surface area contributed by atoms with Gasteiger partial charge in [0.2, 0.25) is 0 Å². The molecule has 0 bridgehead atoms. The van der Waals surface area contributed by atoms with E-state index in [9.17, 15) is 4.39 Å². The highest BCUT2D eigenvalue weighted by Crippen LogP contribution is 2.40. The number of anilines is 1. The summed E-state index contributed by atoms with van der Waals surface area (Å²) in [5, 5.41) is 7.76. The van der Waals surface area contributed by atoms with Crippen molar-refractivity contribution in [3.05, 3.63) is 33.9 Å². The highest BCUT2D eigenvalue weighted by molar-refractivity contribution is 7.10. The summed E-state index contributed by atoms with van der Waals surface area (Å²) in [6, 6.07) is 5.47. The molecule has 110 valence electrons. The highest BCUT2D eigenvalue weighted by atomic mass is 35.5. The van der Waals surface area contributed by atoms with Gasteiger partial charge in [-0.3, -0.25) is 4.68 Å². The molecule has 2 aromatic heterocycles. The summed E-state index contributed by atoms with van der Waals surface area (Å²) in [6.07, 6.45) is 3.66. The van der Waals surface area contributed by atoms with Crippen molar-refractivity contribution in [3.63, 3.8) is 0 Å².